The molecule has 0 aliphatic heterocycles. The number of benzene rings is 15. The van der Waals surface area contributed by atoms with E-state index in [2.05, 4.69) is 404 Å². The minimum Gasteiger partial charge on any atom is -0.507 e. The number of hydrogen-bond donors (Lipinski definition) is 2. The van der Waals surface area contributed by atoms with Gasteiger partial charge in [0.15, 0.2) is 0 Å². The van der Waals surface area contributed by atoms with E-state index in [0.717, 1.165) is 178 Å². The normalized spacial score (nSPS) is 11.8. The molecule has 0 radical (unpaired) electrons. The molecule has 0 unspecified atom stereocenters. The molecular weight excluding hydrogens is 1880 g/mol. The number of fused-ring (bicyclic) bond motifs is 4. The third-order valence-electron chi connectivity index (χ3n) is 23.3. The number of imidazole rings is 2. The van der Waals surface area contributed by atoms with Crippen LogP contribution in [-0.4, -0.2) is 49.7 Å². The molecule has 0 amide bonds. The van der Waals surface area contributed by atoms with Crippen LogP contribution in [0.5, 0.6) is 11.5 Å². The summed E-state index contributed by atoms with van der Waals surface area (Å²) in [7, 11) is 0. The summed E-state index contributed by atoms with van der Waals surface area (Å²) in [5, 5.41) is 47.3. The van der Waals surface area contributed by atoms with Gasteiger partial charge in [-0.3, -0.25) is 9.13 Å². The molecular formula is C112H94N8O2Pt2-2. The van der Waals surface area contributed by atoms with E-state index in [1.807, 2.05) is 54.7 Å². The fourth-order valence-corrected chi connectivity index (χ4v) is 16.8. The van der Waals surface area contributed by atoms with E-state index in [9.17, 15) is 10.2 Å². The molecule has 616 valence electrons. The molecule has 0 atom stereocenters. The molecule has 0 saturated heterocycles. The summed E-state index contributed by atoms with van der Waals surface area (Å²) in [6.07, 6.45) is 3.49. The minimum atomic E-state index is -0.347. The van der Waals surface area contributed by atoms with Crippen molar-refractivity contribution in [2.75, 3.05) is 0 Å². The fourth-order valence-electron chi connectivity index (χ4n) is 16.8. The number of aromatic nitrogens is 8. The molecule has 12 heteroatoms. The zero-order chi connectivity index (χ0) is 84.3. The van der Waals surface area contributed by atoms with Crippen molar-refractivity contribution in [2.45, 2.75) is 105 Å². The Morgan fingerprint density at radius 1 is 0.282 bits per heavy atom. The second-order valence-corrected chi connectivity index (χ2v) is 35.8. The van der Waals surface area contributed by atoms with Crippen molar-refractivity contribution in [3.63, 3.8) is 0 Å². The molecule has 19 rings (SSSR count). The van der Waals surface area contributed by atoms with Crippen molar-refractivity contribution in [3.05, 3.63) is 374 Å². The third kappa shape index (κ3) is 16.5. The summed E-state index contributed by atoms with van der Waals surface area (Å²) in [6, 6.07) is 122. The SMILES string of the molecule is CC(C)(C)c1cc(-c2nc3c(-c4[c-]c(-c5cc(-c6ccccc6)cnn5)cc(-c5ccccc5)c4)cccc3n2-c2c(-c3ccccc3)ccc3ccccc23)c(O)c(C(C)(C)C)c1.CC(C)(C)c1cc(-c2nc3c(-c4[c-]c(-c5cccnn5)cc(-c5ccccc5)c4)cccc3n2-c2c(-c3ccccc3)ccc3ccccc23)c(O)c(C(C)(C)C)c1.[Pt].[Pt]. The van der Waals surface area contributed by atoms with Crippen LogP contribution in [0.25, 0.3) is 178 Å². The molecule has 10 nitrogen and oxygen atoms in total. The van der Waals surface area contributed by atoms with Gasteiger partial charge >= 0.3 is 0 Å². The quantitative estimate of drug-likeness (QED) is 0.109. The predicted molar refractivity (Wildman–Crippen MR) is 504 cm³/mol. The first-order valence-electron chi connectivity index (χ1n) is 41.8. The van der Waals surface area contributed by atoms with E-state index in [4.69, 9.17) is 9.97 Å². The molecule has 4 heterocycles. The van der Waals surface area contributed by atoms with E-state index in [1.54, 1.807) is 6.20 Å². The zero-order valence-electron chi connectivity index (χ0n) is 71.4. The number of para-hydroxylation sites is 2. The summed E-state index contributed by atoms with van der Waals surface area (Å²) in [5.41, 5.74) is 27.0. The molecule has 0 spiro atoms. The van der Waals surface area contributed by atoms with Crippen LogP contribution < -0.4 is 0 Å². The molecule has 15 aromatic carbocycles. The van der Waals surface area contributed by atoms with Crippen LogP contribution in [0.1, 0.15) is 105 Å². The molecule has 0 aliphatic rings. The Labute approximate surface area is 754 Å². The first-order valence-corrected chi connectivity index (χ1v) is 41.8. The average molecular weight is 1970 g/mol. The van der Waals surface area contributed by atoms with E-state index in [-0.39, 0.29) is 75.3 Å². The Morgan fingerprint density at radius 2 is 0.653 bits per heavy atom. The van der Waals surface area contributed by atoms with Gasteiger partial charge in [0.25, 0.3) is 0 Å². The number of rotatable bonds is 13. The van der Waals surface area contributed by atoms with Gasteiger partial charge in [-0.15, -0.1) is 47.5 Å². The van der Waals surface area contributed by atoms with Gasteiger partial charge in [0.2, 0.25) is 0 Å². The second-order valence-electron chi connectivity index (χ2n) is 35.8. The van der Waals surface area contributed by atoms with Crippen LogP contribution in [-0.2, 0) is 63.8 Å². The Bertz CT molecular complexity index is 7110. The van der Waals surface area contributed by atoms with Crippen LogP contribution in [0.3, 0.4) is 0 Å². The first-order chi connectivity index (χ1) is 58.9. The van der Waals surface area contributed by atoms with Crippen LogP contribution in [0, 0.1) is 12.1 Å². The molecule has 0 saturated carbocycles. The Kier molecular flexibility index (Phi) is 23.4. The Balaban J connectivity index is 0.000000181. The van der Waals surface area contributed by atoms with Crippen molar-refractivity contribution in [3.8, 4) is 146 Å². The predicted octanol–water partition coefficient (Wildman–Crippen LogP) is 28.5. The second kappa shape index (κ2) is 34.3. The Morgan fingerprint density at radius 3 is 1.05 bits per heavy atom. The van der Waals surface area contributed by atoms with Crippen LogP contribution in [0.2, 0.25) is 0 Å². The van der Waals surface area contributed by atoms with Crippen molar-refractivity contribution in [1.82, 2.24) is 39.5 Å². The summed E-state index contributed by atoms with van der Waals surface area (Å²) in [5.74, 6) is 1.80. The van der Waals surface area contributed by atoms with Crippen molar-refractivity contribution in [1.29, 1.82) is 0 Å². The van der Waals surface area contributed by atoms with E-state index in [1.165, 1.54) is 0 Å². The maximum atomic E-state index is 12.6. The first kappa shape index (κ1) is 84.5. The van der Waals surface area contributed by atoms with Gasteiger partial charge in [0.1, 0.15) is 23.1 Å². The maximum Gasteiger partial charge on any atom is 0.148 e. The third-order valence-corrected chi connectivity index (χ3v) is 23.3. The number of nitrogens with zero attached hydrogens (tertiary/aromatic N) is 8. The number of phenols is 2. The van der Waals surface area contributed by atoms with Crippen molar-refractivity contribution in [2.24, 2.45) is 0 Å². The Hall–Kier alpha value is -13.1. The number of hydrogen-bond acceptors (Lipinski definition) is 8. The number of aromatic hydroxyl groups is 2. The maximum absolute atomic E-state index is 12.6. The van der Waals surface area contributed by atoms with Crippen LogP contribution in [0.4, 0.5) is 0 Å². The molecule has 0 fully saturated rings. The monoisotopic (exact) mass is 1970 g/mol. The van der Waals surface area contributed by atoms with E-state index in [0.29, 0.717) is 22.8 Å². The van der Waals surface area contributed by atoms with Gasteiger partial charge in [-0.2, -0.15) is 20.4 Å². The largest absolute Gasteiger partial charge is 0.507 e. The molecule has 124 heavy (non-hydrogen) atoms. The number of phenolic OH excluding ortho intramolecular Hbond substituents is 2. The topological polar surface area (TPSA) is 128 Å². The van der Waals surface area contributed by atoms with Gasteiger partial charge in [-0.25, -0.2) is 9.97 Å². The molecule has 0 aliphatic carbocycles. The van der Waals surface area contributed by atoms with Gasteiger partial charge in [-0.05, 0) is 107 Å². The van der Waals surface area contributed by atoms with E-state index < -0.39 is 0 Å². The standard InChI is InChI=1S/C59H49N4O.C53H45N4O.2Pt/c1-58(2,3)46-35-50(56(64)51(36-46)59(4,5)6)57-61-54-47(27-18-28-53(54)63(57)55-48-26-17-16-25-41(48)29-30-49(55)40-23-14-9-15-24-40)43-31-42(38-19-10-7-11-20-38)32-44(33-43)52-34-45(37-60-62-52)39-21-12-8-13-22-39;1-52(2,3)40-32-44(50(58)45(33-40)53(4,5)6)51-55-48-41(38-29-37(34-17-9-7-10-18-34)30-39(31-38)46-24-16-28-54-56-46)23-15-25-47(48)57(51)49-42-22-14-13-21-36(42)26-27-43(49)35-19-11-8-12-20-35;;/h7-32,34-37,64H,1-6H3;7-30,32-33,58H,1-6H3;;/q2*-1;;. The summed E-state index contributed by atoms with van der Waals surface area (Å²) in [4.78, 5) is 11.3. The van der Waals surface area contributed by atoms with Gasteiger partial charge < -0.3 is 10.2 Å². The molecule has 19 aromatic rings. The molecule has 0 bridgehead atoms. The van der Waals surface area contributed by atoms with E-state index >= 15 is 0 Å². The van der Waals surface area contributed by atoms with Crippen molar-refractivity contribution < 1.29 is 52.3 Å². The van der Waals surface area contributed by atoms with Gasteiger partial charge in [0, 0.05) is 92.7 Å². The zero-order valence-corrected chi connectivity index (χ0v) is 76.0. The van der Waals surface area contributed by atoms with Crippen LogP contribution >= 0.6 is 0 Å². The fraction of sp³-hybridized carbons (Fsp3) is 0.143. The van der Waals surface area contributed by atoms with Crippen molar-refractivity contribution >= 4 is 43.6 Å². The van der Waals surface area contributed by atoms with Crippen LogP contribution in [0.15, 0.2) is 340 Å². The average Bonchev–Trinajstić information content (AvgIpc) is 1.55. The summed E-state index contributed by atoms with van der Waals surface area (Å²) in [6.45, 7) is 26.3. The summed E-state index contributed by atoms with van der Waals surface area (Å²) >= 11 is 0. The molecule has 4 aromatic heterocycles. The smallest absolute Gasteiger partial charge is 0.148 e. The summed E-state index contributed by atoms with van der Waals surface area (Å²) < 4.78 is 4.57. The molecule has 2 N–H and O–H groups in total. The minimum absolute atomic E-state index is 0. The van der Waals surface area contributed by atoms with Gasteiger partial charge in [0.05, 0.1) is 50.8 Å². The van der Waals surface area contributed by atoms with Gasteiger partial charge in [-0.1, -0.05) is 389 Å².